The lowest BCUT2D eigenvalue weighted by molar-refractivity contribution is -0.107. The van der Waals surface area contributed by atoms with E-state index in [1.807, 2.05) is 20.8 Å². The molecule has 5 aliphatic heterocycles. The van der Waals surface area contributed by atoms with Gasteiger partial charge >= 0.3 is 30.5 Å². The highest BCUT2D eigenvalue weighted by atomic mass is 79.9. The molecular formula is C97H139BrCl3F5N22O13Si2. The maximum Gasteiger partial charge on any atom is 0.414 e. The van der Waals surface area contributed by atoms with Crippen LogP contribution in [-0.2, 0) is 47.7 Å². The van der Waals surface area contributed by atoms with Crippen LogP contribution < -0.4 is 27.0 Å². The summed E-state index contributed by atoms with van der Waals surface area (Å²) in [5.41, 5.74) is 18.0. The third-order valence-electron chi connectivity index (χ3n) is 21.3. The lowest BCUT2D eigenvalue weighted by Crippen LogP contribution is -2.41. The standard InChI is InChI=1S/C21H31FN4O2Si.C20H29BrFN5O4.C18H25FN4O3.C18H23FN4O2.C12H16FN5O.C5H10Si.C3H3ClO.2ClH/c1-8-19-17(13-23)18(9-10-29(5,6)7)24-26(19)16-11-15(12-22)25(14-16)20(27)28-21(2,3)4;1-19(2,3)30-17(28)25(8)16-14(23-7)15(21)24-27(16)13-9-12(10-22)26(11-13)18(29)31-20(4,5)6;1-6-13-15(16(20)24)14(7-2)23(21-13)12-8-11(9-19)22(10-12)17(25)26-18(3,4)5;1-6-15-14(10-20)16(7-2)23(21-15)13-8-12(9-19)22(11-13)17(24)25-18(3,4)5;1-3-9-10(11(14)19)12(15-2)18(17-9)8-4-7(5-13)16-6-8;1-5-6(2,3)4;1-2-3(4)5;;/h15-16H,8,11-12,14H2,1-7H3;12-13H,9-11H2,1-6,8H3;1,11-12H,7-10H2,2-5H3,(H2,20,24);1,12-13H,7-9,11H2,2-5H3;1,7-8,15-16H,4-6H2,2H3,(H2,14,19);1H,2-4H3;2H,1H2;2*1H/t15-,16-;12-,13-;11-,12-;12-,13-;7-,8-;;;;/m00000..../s1. The zero-order valence-corrected chi connectivity index (χ0v) is 92.5. The normalized spacial score (nSPS) is 18.9. The molecule has 5 aromatic rings. The predicted molar refractivity (Wildman–Crippen MR) is 552 cm³/mol. The summed E-state index contributed by atoms with van der Waals surface area (Å²) in [5, 5.41) is 46.3. The number of nitriles is 2. The largest absolute Gasteiger partial charge is 0.444 e. The Balaban J connectivity index is 0.000000589. The highest BCUT2D eigenvalue weighted by Gasteiger charge is 2.46. The van der Waals surface area contributed by atoms with Crippen LogP contribution in [0.3, 0.4) is 0 Å². The van der Waals surface area contributed by atoms with Crippen LogP contribution in [0.4, 0.5) is 63.2 Å². The quantitative estimate of drug-likeness (QED) is 0.0120. The molecule has 0 unspecified atom stereocenters. The van der Waals surface area contributed by atoms with Crippen molar-refractivity contribution in [3.63, 3.8) is 0 Å². The number of ether oxygens (including phenoxy) is 5. The molecule has 0 bridgehead atoms. The van der Waals surface area contributed by atoms with Crippen molar-refractivity contribution in [3.05, 3.63) is 90.8 Å². The minimum atomic E-state index is -1.63. The number of alkyl halides is 5. The van der Waals surface area contributed by atoms with Crippen LogP contribution in [0.15, 0.2) is 17.3 Å². The zero-order chi connectivity index (χ0) is 108. The van der Waals surface area contributed by atoms with Gasteiger partial charge in [-0.25, -0.2) is 55.5 Å². The van der Waals surface area contributed by atoms with Gasteiger partial charge in [0.2, 0.25) is 5.24 Å². The fraction of sp³-hybridized carbons (Fsp3) is 0.608. The number of allylic oxidation sites excluding steroid dienone is 1. The number of nitrogens with zero attached hydrogens (tertiary/aromatic N) is 18. The van der Waals surface area contributed by atoms with Gasteiger partial charge in [0, 0.05) is 52.9 Å². The number of primary amides is 2. The first-order chi connectivity index (χ1) is 65.4. The average molecular weight is 2160 g/mol. The summed E-state index contributed by atoms with van der Waals surface area (Å²) in [6.07, 6.45) is 23.2. The fourth-order valence-corrected chi connectivity index (χ4v) is 16.2. The van der Waals surface area contributed by atoms with Gasteiger partial charge in [-0.05, 0) is 207 Å². The van der Waals surface area contributed by atoms with Crippen LogP contribution in [-0.4, -0.2) is 271 Å². The topological polar surface area (TPSA) is 416 Å². The van der Waals surface area contributed by atoms with Crippen LogP contribution in [0.2, 0.25) is 39.3 Å². The van der Waals surface area contributed by atoms with E-state index in [9.17, 15) is 70.8 Å². The molecule has 5 aromatic heterocycles. The van der Waals surface area contributed by atoms with Gasteiger partial charge in [0.15, 0.2) is 11.4 Å². The Kier molecular flexibility index (Phi) is 48.8. The minimum absolute atomic E-state index is 0. The summed E-state index contributed by atoms with van der Waals surface area (Å²) in [6, 6.07) is 0.419. The Bertz CT molecular complexity index is 5660. The summed E-state index contributed by atoms with van der Waals surface area (Å²) in [5.74, 6) is 9.65. The predicted octanol–water partition coefficient (Wildman–Crippen LogP) is 17.2. The van der Waals surface area contributed by atoms with Crippen molar-refractivity contribution in [2.24, 2.45) is 11.5 Å². The van der Waals surface area contributed by atoms with Gasteiger partial charge in [-0.15, -0.1) is 61.6 Å². The number of terminal acetylenes is 4. The second-order valence-electron chi connectivity index (χ2n) is 40.5. The summed E-state index contributed by atoms with van der Waals surface area (Å²) < 4.78 is 102. The summed E-state index contributed by atoms with van der Waals surface area (Å²) in [4.78, 5) is 105. The summed E-state index contributed by atoms with van der Waals surface area (Å²) in [7, 11) is 0.411. The molecular weight excluding hydrogens is 2020 g/mol. The summed E-state index contributed by atoms with van der Waals surface area (Å²) >= 11 is 7.97. The van der Waals surface area contributed by atoms with Crippen LogP contribution in [0, 0.1) is 89.7 Å². The smallest absolute Gasteiger partial charge is 0.414 e. The van der Waals surface area contributed by atoms with E-state index in [1.165, 1.54) is 36.2 Å². The van der Waals surface area contributed by atoms with E-state index in [1.54, 1.807) is 130 Å². The van der Waals surface area contributed by atoms with E-state index >= 15 is 0 Å². The maximum absolute atomic E-state index is 13.7. The summed E-state index contributed by atoms with van der Waals surface area (Å²) in [6.45, 7) is 53.8. The molecule has 35 nitrogen and oxygen atoms in total. The number of nitrogens with one attached hydrogen (secondary N) is 2. The van der Waals surface area contributed by atoms with Crippen molar-refractivity contribution in [3.8, 4) is 72.6 Å². The number of carbonyl (C=O) groups is 8. The van der Waals surface area contributed by atoms with E-state index in [2.05, 4.69) is 150 Å². The number of likely N-dealkylation sites (tertiary alicyclic amines) is 4. The molecule has 0 aliphatic carbocycles. The molecule has 5 aliphatic rings. The minimum Gasteiger partial charge on any atom is -0.444 e. The van der Waals surface area contributed by atoms with E-state index in [4.69, 9.17) is 79.0 Å². The van der Waals surface area contributed by atoms with E-state index in [0.29, 0.717) is 92.1 Å². The van der Waals surface area contributed by atoms with E-state index in [0.717, 1.165) is 11.8 Å². The molecule has 143 heavy (non-hydrogen) atoms. The first-order valence-corrected chi connectivity index (χ1v) is 54.0. The highest BCUT2D eigenvalue weighted by Crippen LogP contribution is 2.43. The van der Waals surface area contributed by atoms with E-state index in [-0.39, 0.29) is 125 Å². The molecule has 10 heterocycles. The number of hydrogen-bond donors (Lipinski definition) is 4. The van der Waals surface area contributed by atoms with Gasteiger partial charge in [-0.2, -0.15) is 36.0 Å². The molecule has 5 saturated heterocycles. The second-order valence-corrected chi connectivity index (χ2v) is 51.2. The zero-order valence-electron chi connectivity index (χ0n) is 86.6. The molecule has 786 valence electrons. The van der Waals surface area contributed by atoms with Gasteiger partial charge in [0.25, 0.3) is 17.5 Å². The van der Waals surface area contributed by atoms with Gasteiger partial charge < -0.3 is 65.4 Å². The number of hydrogen-bond acceptors (Lipinski definition) is 22. The number of carbonyl (C=O) groups excluding carboxylic acids is 8. The number of amides is 7. The number of aromatic nitrogens is 10. The molecule has 0 saturated carbocycles. The maximum atomic E-state index is 13.7. The lowest BCUT2D eigenvalue weighted by atomic mass is 10.1. The first kappa shape index (κ1) is 127. The molecule has 0 spiro atoms. The molecule has 5 fully saturated rings. The van der Waals surface area contributed by atoms with Crippen LogP contribution >= 0.6 is 52.3 Å². The number of rotatable bonds is 18. The van der Waals surface area contributed by atoms with E-state index < -0.39 is 155 Å². The van der Waals surface area contributed by atoms with Gasteiger partial charge in [0.1, 0.15) is 134 Å². The van der Waals surface area contributed by atoms with Crippen molar-refractivity contribution < 1.29 is 84.0 Å². The highest BCUT2D eigenvalue weighted by molar-refractivity contribution is 9.10. The fourth-order valence-electron chi connectivity index (χ4n) is 15.2. The first-order valence-electron chi connectivity index (χ1n) is 45.8. The van der Waals surface area contributed by atoms with Crippen molar-refractivity contribution in [1.29, 1.82) is 10.5 Å². The van der Waals surface area contributed by atoms with Crippen molar-refractivity contribution in [1.82, 2.24) is 73.8 Å². The molecule has 10 rings (SSSR count). The van der Waals surface area contributed by atoms with Gasteiger partial charge in [0.05, 0.1) is 83.6 Å². The van der Waals surface area contributed by atoms with Crippen molar-refractivity contribution >= 4 is 133 Å². The lowest BCUT2D eigenvalue weighted by Gasteiger charge is -2.27. The molecule has 0 aromatic carbocycles. The Morgan fingerprint density at radius 2 is 0.860 bits per heavy atom. The van der Waals surface area contributed by atoms with Gasteiger partial charge in [-0.1, -0.05) is 72.6 Å². The molecule has 46 heteroatoms. The third-order valence-corrected chi connectivity index (χ3v) is 23.7. The Morgan fingerprint density at radius 3 is 1.14 bits per heavy atom. The Morgan fingerprint density at radius 1 is 0.538 bits per heavy atom. The number of anilines is 2. The molecule has 6 N–H and O–H groups in total. The number of nitrogens with two attached hydrogens (primary N) is 2. The third kappa shape index (κ3) is 36.2. The Labute approximate surface area is 865 Å². The van der Waals surface area contributed by atoms with Crippen LogP contribution in [0.5, 0.6) is 0 Å². The molecule has 10 atom stereocenters. The SMILES string of the molecule is C#C[Si](C)(C)C.C#Cc1nn([C@@H]2CN[C@H](CF)C2)c(NC)c1C(N)=O.C#Cc1nn([C@H]2C[C@@H](CF)N(C(=O)OC(C)(C)C)C2)c(CC)c1C#N.C#Cc1nn([C@H]2C[C@@H](CF)N(C(=O)OC(C)(C)C)C2)c(CC)c1C(N)=O.C=CC(=O)Cl.CCc1c(C#N)c(C#C[Si](C)(C)C)nn1[C@H]1C[C@@H](CF)N(C(=O)OC(C)(C)C)C1.Cl.Cl.[C-]#[N+]c1c(Br)nn([C@H]2C[C@@H](CF)N(C(=O)OC(C)(C)C)C2)c1N(C)C(=O)OC(C)(C)C. The Hall–Kier alpha value is -11.8. The average Bonchev–Trinajstić information content (AvgIpc) is 1.63. The van der Waals surface area contributed by atoms with Crippen molar-refractivity contribution in [2.75, 3.05) is 90.4 Å². The monoisotopic (exact) mass is 2150 g/mol. The molecule has 0 radical (unpaired) electrons. The second kappa shape index (κ2) is 54.8. The van der Waals surface area contributed by atoms with Crippen LogP contribution in [0.1, 0.15) is 259 Å². The van der Waals surface area contributed by atoms with Crippen LogP contribution in [0.25, 0.3) is 4.85 Å². The number of halogens is 9. The van der Waals surface area contributed by atoms with Crippen molar-refractivity contribution in [2.45, 2.75) is 304 Å². The molecule has 7 amide bonds. The van der Waals surface area contributed by atoms with Gasteiger partial charge in [-0.3, -0.25) is 38.0 Å².